The Bertz CT molecular complexity index is 414. The lowest BCUT2D eigenvalue weighted by Crippen LogP contribution is -2.30. The molecular weight excluding hydrogens is 230 g/mol. The van der Waals surface area contributed by atoms with E-state index in [1.807, 2.05) is 30.0 Å². The first-order valence-electron chi connectivity index (χ1n) is 6.01. The molecule has 0 bridgehead atoms. The lowest BCUT2D eigenvalue weighted by atomic mass is 10.0. The highest BCUT2D eigenvalue weighted by Crippen LogP contribution is 2.46. The standard InChI is InChI=1S/C14H21NOS/c1-13(2)9-12(14(3,4)16-13)17-11-7-5-6-10(15)8-11/h5-8,12H,9,15H2,1-4H3. The number of benzene rings is 1. The Hall–Kier alpha value is -0.670. The molecule has 1 aromatic carbocycles. The number of thioether (sulfide) groups is 1. The quantitative estimate of drug-likeness (QED) is 0.814. The van der Waals surface area contributed by atoms with E-state index >= 15 is 0 Å². The van der Waals surface area contributed by atoms with Crippen LogP contribution in [-0.2, 0) is 4.74 Å². The smallest absolute Gasteiger partial charge is 0.0756 e. The average molecular weight is 251 g/mol. The minimum atomic E-state index is -0.0846. The van der Waals surface area contributed by atoms with Crippen molar-refractivity contribution >= 4 is 17.4 Å². The molecule has 0 aromatic heterocycles. The molecule has 1 aromatic rings. The molecular formula is C14H21NOS. The van der Waals surface area contributed by atoms with E-state index in [0.717, 1.165) is 12.1 Å². The Balaban J connectivity index is 2.14. The normalized spacial score (nSPS) is 26.0. The van der Waals surface area contributed by atoms with Crippen molar-refractivity contribution in [1.29, 1.82) is 0 Å². The zero-order chi connectivity index (χ0) is 12.7. The molecule has 0 amide bonds. The van der Waals surface area contributed by atoms with E-state index < -0.39 is 0 Å². The summed E-state index contributed by atoms with van der Waals surface area (Å²) < 4.78 is 6.10. The molecule has 1 saturated heterocycles. The Kier molecular flexibility index (Phi) is 3.17. The second kappa shape index (κ2) is 4.21. The van der Waals surface area contributed by atoms with Crippen LogP contribution in [0.1, 0.15) is 34.1 Å². The first-order chi connectivity index (χ1) is 7.78. The van der Waals surface area contributed by atoms with Gasteiger partial charge in [-0.1, -0.05) is 6.07 Å². The average Bonchev–Trinajstić information content (AvgIpc) is 2.34. The zero-order valence-electron chi connectivity index (χ0n) is 11.0. The number of hydrogen-bond donors (Lipinski definition) is 1. The van der Waals surface area contributed by atoms with Crippen LogP contribution in [0.5, 0.6) is 0 Å². The van der Waals surface area contributed by atoms with Gasteiger partial charge in [0.1, 0.15) is 0 Å². The van der Waals surface area contributed by atoms with E-state index in [1.165, 1.54) is 4.90 Å². The highest BCUT2D eigenvalue weighted by atomic mass is 32.2. The Morgan fingerprint density at radius 2 is 2.00 bits per heavy atom. The lowest BCUT2D eigenvalue weighted by molar-refractivity contribution is -0.0631. The highest BCUT2D eigenvalue weighted by Gasteiger charge is 2.46. The number of nitrogen functional groups attached to an aromatic ring is 1. The molecule has 94 valence electrons. The van der Waals surface area contributed by atoms with Crippen LogP contribution in [0, 0.1) is 0 Å². The summed E-state index contributed by atoms with van der Waals surface area (Å²) in [7, 11) is 0. The van der Waals surface area contributed by atoms with Crippen LogP contribution in [0.3, 0.4) is 0 Å². The summed E-state index contributed by atoms with van der Waals surface area (Å²) in [6.45, 7) is 8.67. The summed E-state index contributed by atoms with van der Waals surface area (Å²) in [6, 6.07) is 8.07. The molecule has 2 N–H and O–H groups in total. The number of anilines is 1. The van der Waals surface area contributed by atoms with Crippen molar-refractivity contribution in [2.24, 2.45) is 0 Å². The molecule has 0 radical (unpaired) electrons. The molecule has 0 spiro atoms. The number of rotatable bonds is 2. The minimum absolute atomic E-state index is 0.0263. The minimum Gasteiger partial charge on any atom is -0.399 e. The largest absolute Gasteiger partial charge is 0.399 e. The molecule has 1 fully saturated rings. The van der Waals surface area contributed by atoms with E-state index in [9.17, 15) is 0 Å². The lowest BCUT2D eigenvalue weighted by Gasteiger charge is -2.27. The van der Waals surface area contributed by atoms with Crippen LogP contribution in [0.25, 0.3) is 0 Å². The molecule has 2 rings (SSSR count). The molecule has 1 aliphatic rings. The molecule has 17 heavy (non-hydrogen) atoms. The molecule has 1 aliphatic heterocycles. The van der Waals surface area contributed by atoms with Crippen molar-refractivity contribution in [1.82, 2.24) is 0 Å². The van der Waals surface area contributed by atoms with Gasteiger partial charge in [-0.3, -0.25) is 0 Å². The van der Waals surface area contributed by atoms with Crippen molar-refractivity contribution in [3.63, 3.8) is 0 Å². The predicted molar refractivity (Wildman–Crippen MR) is 74.4 cm³/mol. The molecule has 3 heteroatoms. The van der Waals surface area contributed by atoms with Gasteiger partial charge >= 0.3 is 0 Å². The fourth-order valence-corrected chi connectivity index (χ4v) is 3.95. The number of ether oxygens (including phenoxy) is 1. The van der Waals surface area contributed by atoms with Gasteiger partial charge in [0.25, 0.3) is 0 Å². The van der Waals surface area contributed by atoms with Gasteiger partial charge in [0.05, 0.1) is 11.2 Å². The Morgan fingerprint density at radius 1 is 1.29 bits per heavy atom. The fourth-order valence-electron chi connectivity index (χ4n) is 2.45. The summed E-state index contributed by atoms with van der Waals surface area (Å²) in [5, 5.41) is 0.472. The van der Waals surface area contributed by atoms with Gasteiger partial charge in [0.15, 0.2) is 0 Å². The SMILES string of the molecule is CC1(C)CC(Sc2cccc(N)c2)C(C)(C)O1. The van der Waals surface area contributed by atoms with Gasteiger partial charge in [-0.25, -0.2) is 0 Å². The Labute approximate surface area is 108 Å². The summed E-state index contributed by atoms with van der Waals surface area (Å²) >= 11 is 1.87. The van der Waals surface area contributed by atoms with E-state index in [4.69, 9.17) is 10.5 Å². The van der Waals surface area contributed by atoms with Crippen molar-refractivity contribution in [2.45, 2.75) is 55.5 Å². The van der Waals surface area contributed by atoms with Gasteiger partial charge in [0.2, 0.25) is 0 Å². The summed E-state index contributed by atoms with van der Waals surface area (Å²) in [5.74, 6) is 0. The Morgan fingerprint density at radius 3 is 2.53 bits per heavy atom. The fraction of sp³-hybridized carbons (Fsp3) is 0.571. The van der Waals surface area contributed by atoms with Gasteiger partial charge in [-0.2, -0.15) is 0 Å². The highest BCUT2D eigenvalue weighted by molar-refractivity contribution is 8.00. The van der Waals surface area contributed by atoms with Crippen molar-refractivity contribution in [3.8, 4) is 0 Å². The second-order valence-electron chi connectivity index (χ2n) is 5.85. The zero-order valence-corrected chi connectivity index (χ0v) is 11.8. The topological polar surface area (TPSA) is 35.2 Å². The maximum atomic E-state index is 6.10. The molecule has 1 atom stereocenters. The van der Waals surface area contributed by atoms with Crippen LogP contribution >= 0.6 is 11.8 Å². The molecule has 1 heterocycles. The van der Waals surface area contributed by atoms with Crippen LogP contribution in [-0.4, -0.2) is 16.5 Å². The first kappa shape index (κ1) is 12.8. The first-order valence-corrected chi connectivity index (χ1v) is 6.89. The summed E-state index contributed by atoms with van der Waals surface area (Å²) in [5.41, 5.74) is 6.52. The van der Waals surface area contributed by atoms with Crippen LogP contribution < -0.4 is 5.73 Å². The van der Waals surface area contributed by atoms with E-state index in [1.54, 1.807) is 0 Å². The molecule has 2 nitrogen and oxygen atoms in total. The third kappa shape index (κ3) is 2.96. The van der Waals surface area contributed by atoms with Gasteiger partial charge < -0.3 is 10.5 Å². The molecule has 0 aliphatic carbocycles. The predicted octanol–water partition coefficient (Wildman–Crippen LogP) is 3.71. The van der Waals surface area contributed by atoms with Crippen LogP contribution in [0.15, 0.2) is 29.2 Å². The second-order valence-corrected chi connectivity index (χ2v) is 7.12. The van der Waals surface area contributed by atoms with Crippen LogP contribution in [0.2, 0.25) is 0 Å². The van der Waals surface area contributed by atoms with Crippen molar-refractivity contribution < 1.29 is 4.74 Å². The van der Waals surface area contributed by atoms with Crippen LogP contribution in [0.4, 0.5) is 5.69 Å². The number of hydrogen-bond acceptors (Lipinski definition) is 3. The van der Waals surface area contributed by atoms with Crippen molar-refractivity contribution in [3.05, 3.63) is 24.3 Å². The third-order valence-electron chi connectivity index (χ3n) is 3.13. The summed E-state index contributed by atoms with van der Waals surface area (Å²) in [6.07, 6.45) is 1.07. The van der Waals surface area contributed by atoms with Gasteiger partial charge in [-0.15, -0.1) is 11.8 Å². The van der Waals surface area contributed by atoms with E-state index in [0.29, 0.717) is 5.25 Å². The third-order valence-corrected chi connectivity index (χ3v) is 4.67. The van der Waals surface area contributed by atoms with E-state index in [2.05, 4.69) is 33.8 Å². The van der Waals surface area contributed by atoms with E-state index in [-0.39, 0.29) is 11.2 Å². The summed E-state index contributed by atoms with van der Waals surface area (Å²) in [4.78, 5) is 1.23. The van der Waals surface area contributed by atoms with Gasteiger partial charge in [-0.05, 0) is 52.3 Å². The van der Waals surface area contributed by atoms with Crippen molar-refractivity contribution in [2.75, 3.05) is 5.73 Å². The maximum Gasteiger partial charge on any atom is 0.0756 e. The molecule has 1 unspecified atom stereocenters. The van der Waals surface area contributed by atoms with Gasteiger partial charge in [0, 0.05) is 15.8 Å². The number of nitrogens with two attached hydrogens (primary N) is 1. The monoisotopic (exact) mass is 251 g/mol. The molecule has 0 saturated carbocycles. The maximum absolute atomic E-state index is 6.10.